The molecular formula is C22H26ClF3N2O. The van der Waals surface area contributed by atoms with Gasteiger partial charge in [0.15, 0.2) is 5.58 Å². The highest BCUT2D eigenvalue weighted by Gasteiger charge is 2.37. The van der Waals surface area contributed by atoms with Crippen LogP contribution in [0.15, 0.2) is 46.5 Å². The number of hydrogen-bond acceptors (Lipinski definition) is 3. The Balaban J connectivity index is 0.00000240. The maximum absolute atomic E-state index is 13.8. The van der Waals surface area contributed by atoms with E-state index in [1.54, 1.807) is 18.2 Å². The second-order valence-electron chi connectivity index (χ2n) is 7.87. The number of fused-ring (bicyclic) bond motifs is 1. The number of benzene rings is 1. The van der Waals surface area contributed by atoms with Crippen LogP contribution in [0.25, 0.3) is 11.0 Å². The van der Waals surface area contributed by atoms with Crippen molar-refractivity contribution in [1.82, 2.24) is 10.5 Å². The zero-order valence-electron chi connectivity index (χ0n) is 16.3. The summed E-state index contributed by atoms with van der Waals surface area (Å²) in [7, 11) is 0. The second-order valence-corrected chi connectivity index (χ2v) is 7.87. The summed E-state index contributed by atoms with van der Waals surface area (Å²) < 4.78 is 46.4. The van der Waals surface area contributed by atoms with Crippen molar-refractivity contribution < 1.29 is 17.7 Å². The van der Waals surface area contributed by atoms with Gasteiger partial charge in [-0.15, -0.1) is 12.4 Å². The highest BCUT2D eigenvalue weighted by molar-refractivity contribution is 5.85. The van der Waals surface area contributed by atoms with Crippen molar-refractivity contribution >= 4 is 23.4 Å². The van der Waals surface area contributed by atoms with Crippen LogP contribution in [0.4, 0.5) is 13.2 Å². The van der Waals surface area contributed by atoms with Gasteiger partial charge in [-0.1, -0.05) is 30.7 Å². The Morgan fingerprint density at radius 3 is 2.90 bits per heavy atom. The van der Waals surface area contributed by atoms with Crippen LogP contribution in [-0.4, -0.2) is 24.2 Å². The first kappa shape index (κ1) is 21.9. The smallest absolute Gasteiger partial charge is 0.270 e. The number of halogens is 4. The van der Waals surface area contributed by atoms with Gasteiger partial charge in [-0.05, 0) is 67.6 Å². The van der Waals surface area contributed by atoms with Crippen LogP contribution in [0.5, 0.6) is 0 Å². The topological polar surface area (TPSA) is 38.1 Å². The van der Waals surface area contributed by atoms with Gasteiger partial charge in [0.1, 0.15) is 5.82 Å². The lowest BCUT2D eigenvalue weighted by molar-refractivity contribution is 0.0564. The van der Waals surface area contributed by atoms with Crippen LogP contribution < -0.4 is 5.32 Å². The van der Waals surface area contributed by atoms with E-state index < -0.39 is 5.92 Å². The number of nitrogens with zero attached hydrogens (tertiary/aromatic N) is 1. The minimum absolute atomic E-state index is 0. The van der Waals surface area contributed by atoms with Crippen LogP contribution >= 0.6 is 12.4 Å². The lowest BCUT2D eigenvalue weighted by atomic mass is 9.70. The molecule has 1 aliphatic heterocycles. The monoisotopic (exact) mass is 426 g/mol. The lowest BCUT2D eigenvalue weighted by Gasteiger charge is -2.38. The number of piperidine rings is 1. The molecule has 2 heterocycles. The summed E-state index contributed by atoms with van der Waals surface area (Å²) in [6.45, 7) is 3.73. The maximum Gasteiger partial charge on any atom is 0.270 e. The van der Waals surface area contributed by atoms with Crippen LogP contribution in [-0.2, 0) is 0 Å². The van der Waals surface area contributed by atoms with Crippen LogP contribution in [0, 0.1) is 17.7 Å². The van der Waals surface area contributed by atoms with Gasteiger partial charge in [0, 0.05) is 17.7 Å². The molecule has 2 aliphatic rings. The molecule has 0 saturated carbocycles. The van der Waals surface area contributed by atoms with Gasteiger partial charge < -0.3 is 9.84 Å². The van der Waals surface area contributed by atoms with Crippen molar-refractivity contribution in [3.05, 3.63) is 53.5 Å². The summed E-state index contributed by atoms with van der Waals surface area (Å²) in [6.07, 6.45) is 6.79. The zero-order chi connectivity index (χ0) is 19.7. The molecule has 0 spiro atoms. The predicted octanol–water partition coefficient (Wildman–Crippen LogP) is 6.02. The summed E-state index contributed by atoms with van der Waals surface area (Å²) in [5.41, 5.74) is 2.34. The van der Waals surface area contributed by atoms with Gasteiger partial charge >= 0.3 is 0 Å². The highest BCUT2D eigenvalue weighted by atomic mass is 35.5. The number of alkyl halides is 2. The first-order valence-corrected chi connectivity index (χ1v) is 10.0. The molecule has 3 nitrogen and oxygen atoms in total. The van der Waals surface area contributed by atoms with Gasteiger partial charge in [-0.25, -0.2) is 13.2 Å². The third-order valence-corrected chi connectivity index (χ3v) is 6.01. The van der Waals surface area contributed by atoms with Crippen molar-refractivity contribution in [1.29, 1.82) is 0 Å². The SMILES string of the molecule is CCCC(C1=CCC(F)(F)C=C1)C1CNCCC1c1noc2ccc(F)cc12.Cl. The van der Waals surface area contributed by atoms with E-state index in [-0.39, 0.29) is 42.4 Å². The number of aromatic nitrogens is 1. The molecule has 1 saturated heterocycles. The Kier molecular flexibility index (Phi) is 6.74. The molecule has 4 rings (SSSR count). The Labute approximate surface area is 174 Å². The molecule has 0 bridgehead atoms. The molecule has 7 heteroatoms. The summed E-state index contributed by atoms with van der Waals surface area (Å²) >= 11 is 0. The van der Waals surface area contributed by atoms with E-state index in [0.717, 1.165) is 49.7 Å². The molecule has 0 amide bonds. The number of rotatable bonds is 5. The molecular weight excluding hydrogens is 401 g/mol. The van der Waals surface area contributed by atoms with Crippen molar-refractivity contribution in [2.75, 3.05) is 13.1 Å². The molecule has 1 fully saturated rings. The molecule has 158 valence electrons. The van der Waals surface area contributed by atoms with Crippen LogP contribution in [0.2, 0.25) is 0 Å². The van der Waals surface area contributed by atoms with Crippen molar-refractivity contribution in [2.24, 2.45) is 11.8 Å². The second kappa shape index (κ2) is 8.92. The number of allylic oxidation sites excluding steroid dienone is 4. The van der Waals surface area contributed by atoms with Crippen molar-refractivity contribution in [3.63, 3.8) is 0 Å². The van der Waals surface area contributed by atoms with Gasteiger partial charge in [0.25, 0.3) is 5.92 Å². The molecule has 3 atom stereocenters. The van der Waals surface area contributed by atoms with Gasteiger partial charge in [0.2, 0.25) is 0 Å². The van der Waals surface area contributed by atoms with E-state index in [4.69, 9.17) is 4.52 Å². The average molecular weight is 427 g/mol. The van der Waals surface area contributed by atoms with Gasteiger partial charge in [-0.2, -0.15) is 0 Å². The fourth-order valence-electron chi connectivity index (χ4n) is 4.66. The quantitative estimate of drug-likeness (QED) is 0.635. The molecule has 1 aromatic carbocycles. The molecule has 3 unspecified atom stereocenters. The summed E-state index contributed by atoms with van der Waals surface area (Å²) in [4.78, 5) is 0. The van der Waals surface area contributed by atoms with E-state index in [1.165, 1.54) is 12.1 Å². The van der Waals surface area contributed by atoms with Gasteiger partial charge in [-0.3, -0.25) is 0 Å². The Morgan fingerprint density at radius 1 is 1.34 bits per heavy atom. The summed E-state index contributed by atoms with van der Waals surface area (Å²) in [6, 6.07) is 4.46. The zero-order valence-corrected chi connectivity index (χ0v) is 17.2. The average Bonchev–Trinajstić information content (AvgIpc) is 3.09. The molecule has 29 heavy (non-hydrogen) atoms. The largest absolute Gasteiger partial charge is 0.356 e. The number of nitrogens with one attached hydrogen (secondary N) is 1. The fraction of sp³-hybridized carbons (Fsp3) is 0.500. The highest BCUT2D eigenvalue weighted by Crippen LogP contribution is 2.43. The van der Waals surface area contributed by atoms with E-state index in [9.17, 15) is 13.2 Å². The Bertz CT molecular complexity index is 909. The molecule has 1 N–H and O–H groups in total. The van der Waals surface area contributed by atoms with E-state index in [2.05, 4.69) is 17.4 Å². The summed E-state index contributed by atoms with van der Waals surface area (Å²) in [5.74, 6) is -2.64. The first-order valence-electron chi connectivity index (χ1n) is 10.0. The molecule has 0 radical (unpaired) electrons. The third-order valence-electron chi connectivity index (χ3n) is 6.01. The van der Waals surface area contributed by atoms with E-state index in [1.807, 2.05) is 0 Å². The van der Waals surface area contributed by atoms with Crippen molar-refractivity contribution in [3.8, 4) is 0 Å². The Morgan fingerprint density at radius 2 is 2.17 bits per heavy atom. The minimum Gasteiger partial charge on any atom is -0.356 e. The van der Waals surface area contributed by atoms with Crippen molar-refractivity contribution in [2.45, 2.75) is 44.4 Å². The van der Waals surface area contributed by atoms with Gasteiger partial charge in [0.05, 0.1) is 5.69 Å². The van der Waals surface area contributed by atoms with Crippen LogP contribution in [0.1, 0.15) is 44.2 Å². The fourth-order valence-corrected chi connectivity index (χ4v) is 4.66. The van der Waals surface area contributed by atoms with E-state index in [0.29, 0.717) is 11.0 Å². The lowest BCUT2D eigenvalue weighted by Crippen LogP contribution is -2.40. The standard InChI is InChI=1S/C22H25F3N2O.ClH/c1-2-3-16(14-6-9-22(24,25)10-7-14)19-13-26-11-8-17(19)21-18-12-15(23)4-5-20(18)28-27-21;/h4-7,9,12,16-17,19,26H,2-3,8,10-11,13H2,1H3;1H. The number of hydrogen-bond donors (Lipinski definition) is 1. The van der Waals surface area contributed by atoms with E-state index >= 15 is 0 Å². The predicted molar refractivity (Wildman–Crippen MR) is 110 cm³/mol. The Hall–Kier alpha value is -1.79. The molecule has 1 aliphatic carbocycles. The normalized spacial score (nSPS) is 24.8. The first-order chi connectivity index (χ1) is 13.5. The van der Waals surface area contributed by atoms with Crippen LogP contribution in [0.3, 0.4) is 0 Å². The minimum atomic E-state index is -2.76. The molecule has 1 aromatic heterocycles. The third kappa shape index (κ3) is 4.53. The molecule has 2 aromatic rings. The summed E-state index contributed by atoms with van der Waals surface area (Å²) in [5, 5.41) is 8.46. The maximum atomic E-state index is 13.8.